The van der Waals surface area contributed by atoms with Crippen LogP contribution in [0.1, 0.15) is 38.5 Å². The van der Waals surface area contributed by atoms with Crippen LogP contribution in [0.5, 0.6) is 0 Å². The highest BCUT2D eigenvalue weighted by Crippen LogP contribution is 2.27. The van der Waals surface area contributed by atoms with E-state index in [-0.39, 0.29) is 6.10 Å². The molecule has 88 valence electrons. The number of aliphatic hydroxyl groups excluding tert-OH is 1. The molecule has 0 spiro atoms. The fourth-order valence-electron chi connectivity index (χ4n) is 2.70. The highest BCUT2D eigenvalue weighted by molar-refractivity contribution is 4.78. The first kappa shape index (κ1) is 11.4. The summed E-state index contributed by atoms with van der Waals surface area (Å²) in [7, 11) is 0. The topological polar surface area (TPSA) is 41.5 Å². The van der Waals surface area contributed by atoms with Crippen LogP contribution in [-0.4, -0.2) is 37.0 Å². The lowest BCUT2D eigenvalue weighted by Gasteiger charge is -2.26. The van der Waals surface area contributed by atoms with Crippen molar-refractivity contribution in [2.24, 2.45) is 5.92 Å². The smallest absolute Gasteiger partial charge is 0.0692 e. The number of rotatable bonds is 4. The van der Waals surface area contributed by atoms with Crippen molar-refractivity contribution in [2.75, 3.05) is 19.8 Å². The Kier molecular flexibility index (Phi) is 4.42. The van der Waals surface area contributed by atoms with Crippen LogP contribution >= 0.6 is 0 Å². The van der Waals surface area contributed by atoms with Crippen molar-refractivity contribution in [3.8, 4) is 0 Å². The lowest BCUT2D eigenvalue weighted by atomic mass is 10.00. The zero-order valence-corrected chi connectivity index (χ0v) is 9.45. The largest absolute Gasteiger partial charge is 0.392 e. The van der Waals surface area contributed by atoms with Gasteiger partial charge in [-0.1, -0.05) is 12.8 Å². The summed E-state index contributed by atoms with van der Waals surface area (Å²) in [6, 6.07) is 0.565. The number of hydrogen-bond donors (Lipinski definition) is 2. The summed E-state index contributed by atoms with van der Waals surface area (Å²) in [6.45, 7) is 2.52. The summed E-state index contributed by atoms with van der Waals surface area (Å²) >= 11 is 0. The van der Waals surface area contributed by atoms with Crippen molar-refractivity contribution in [2.45, 2.75) is 50.7 Å². The van der Waals surface area contributed by atoms with Gasteiger partial charge in [-0.05, 0) is 31.6 Å². The van der Waals surface area contributed by atoms with E-state index in [1.54, 1.807) is 0 Å². The summed E-state index contributed by atoms with van der Waals surface area (Å²) < 4.78 is 5.30. The maximum absolute atomic E-state index is 9.99. The van der Waals surface area contributed by atoms with Crippen molar-refractivity contribution in [3.05, 3.63) is 0 Å². The molecule has 2 rings (SSSR count). The Morgan fingerprint density at radius 1 is 1.13 bits per heavy atom. The van der Waals surface area contributed by atoms with Gasteiger partial charge in [0, 0.05) is 25.8 Å². The van der Waals surface area contributed by atoms with Crippen molar-refractivity contribution >= 4 is 0 Å². The van der Waals surface area contributed by atoms with Gasteiger partial charge in [-0.3, -0.25) is 0 Å². The number of hydrogen-bond acceptors (Lipinski definition) is 3. The van der Waals surface area contributed by atoms with Crippen LogP contribution < -0.4 is 5.32 Å². The molecule has 3 nitrogen and oxygen atoms in total. The van der Waals surface area contributed by atoms with Crippen molar-refractivity contribution in [1.29, 1.82) is 0 Å². The summed E-state index contributed by atoms with van der Waals surface area (Å²) in [5.41, 5.74) is 0. The third-order valence-electron chi connectivity index (χ3n) is 3.78. The normalized spacial score (nSPS) is 27.0. The predicted octanol–water partition coefficient (Wildman–Crippen LogP) is 1.31. The molecular weight excluding hydrogens is 190 g/mol. The molecule has 15 heavy (non-hydrogen) atoms. The monoisotopic (exact) mass is 213 g/mol. The van der Waals surface area contributed by atoms with Crippen LogP contribution in [0.3, 0.4) is 0 Å². The van der Waals surface area contributed by atoms with Crippen molar-refractivity contribution in [3.63, 3.8) is 0 Å². The SMILES string of the molecule is OC(CNC1CCOCC1)C1CCCC1. The maximum Gasteiger partial charge on any atom is 0.0692 e. The minimum atomic E-state index is -0.129. The molecule has 1 unspecified atom stereocenters. The van der Waals surface area contributed by atoms with Crippen molar-refractivity contribution < 1.29 is 9.84 Å². The number of nitrogens with one attached hydrogen (secondary N) is 1. The van der Waals surface area contributed by atoms with E-state index in [1.807, 2.05) is 0 Å². The molecule has 1 aliphatic heterocycles. The second-order valence-corrected chi connectivity index (χ2v) is 4.91. The molecule has 1 aliphatic carbocycles. The predicted molar refractivity (Wildman–Crippen MR) is 59.8 cm³/mol. The number of aliphatic hydroxyl groups is 1. The van der Waals surface area contributed by atoms with Gasteiger partial charge >= 0.3 is 0 Å². The average Bonchev–Trinajstić information content (AvgIpc) is 2.81. The third kappa shape index (κ3) is 3.44. The molecule has 2 N–H and O–H groups in total. The molecule has 0 bridgehead atoms. The Morgan fingerprint density at radius 2 is 1.80 bits per heavy atom. The van der Waals surface area contributed by atoms with E-state index in [0.717, 1.165) is 32.6 Å². The van der Waals surface area contributed by atoms with Crippen LogP contribution in [-0.2, 0) is 4.74 Å². The molecule has 0 aromatic heterocycles. The molecule has 1 heterocycles. The van der Waals surface area contributed by atoms with E-state index in [9.17, 15) is 5.11 Å². The van der Waals surface area contributed by atoms with E-state index in [4.69, 9.17) is 4.74 Å². The first-order valence-electron chi connectivity index (χ1n) is 6.35. The van der Waals surface area contributed by atoms with Crippen molar-refractivity contribution in [1.82, 2.24) is 5.32 Å². The molecule has 3 heteroatoms. The zero-order chi connectivity index (χ0) is 10.5. The molecule has 0 aromatic rings. The standard InChI is InChI=1S/C12H23NO2/c14-12(10-3-1-2-4-10)9-13-11-5-7-15-8-6-11/h10-14H,1-9H2. The first-order chi connectivity index (χ1) is 7.36. The molecule has 0 amide bonds. The molecule has 2 fully saturated rings. The van der Waals surface area contributed by atoms with Gasteiger partial charge in [-0.2, -0.15) is 0 Å². The van der Waals surface area contributed by atoms with Crippen LogP contribution in [0.4, 0.5) is 0 Å². The summed E-state index contributed by atoms with van der Waals surface area (Å²) in [5, 5.41) is 13.5. The number of ether oxygens (including phenoxy) is 1. The summed E-state index contributed by atoms with van der Waals surface area (Å²) in [6.07, 6.45) is 7.11. The van der Waals surface area contributed by atoms with Gasteiger partial charge in [0.1, 0.15) is 0 Å². The van der Waals surface area contributed by atoms with E-state index >= 15 is 0 Å². The van der Waals surface area contributed by atoms with Gasteiger partial charge in [-0.15, -0.1) is 0 Å². The average molecular weight is 213 g/mol. The fourth-order valence-corrected chi connectivity index (χ4v) is 2.70. The van der Waals surface area contributed by atoms with E-state index < -0.39 is 0 Å². The van der Waals surface area contributed by atoms with Gasteiger partial charge in [0.05, 0.1) is 6.10 Å². The third-order valence-corrected chi connectivity index (χ3v) is 3.78. The molecule has 1 saturated carbocycles. The molecular formula is C12H23NO2. The summed E-state index contributed by atoms with van der Waals surface area (Å²) in [5.74, 6) is 0.553. The Bertz CT molecular complexity index is 174. The van der Waals surface area contributed by atoms with Gasteiger partial charge in [0.15, 0.2) is 0 Å². The quantitative estimate of drug-likeness (QED) is 0.740. The molecule has 0 aromatic carbocycles. The molecule has 0 radical (unpaired) electrons. The van der Waals surface area contributed by atoms with Gasteiger partial charge in [-0.25, -0.2) is 0 Å². The Labute approximate surface area is 92.2 Å². The fraction of sp³-hybridized carbons (Fsp3) is 1.00. The Morgan fingerprint density at radius 3 is 2.47 bits per heavy atom. The van der Waals surface area contributed by atoms with Crippen LogP contribution in [0.25, 0.3) is 0 Å². The molecule has 2 aliphatic rings. The Hall–Kier alpha value is -0.120. The van der Waals surface area contributed by atoms with Gasteiger partial charge in [0.25, 0.3) is 0 Å². The molecule has 1 saturated heterocycles. The lowest BCUT2D eigenvalue weighted by Crippen LogP contribution is -2.41. The second kappa shape index (κ2) is 5.83. The van der Waals surface area contributed by atoms with Crippen LogP contribution in [0, 0.1) is 5.92 Å². The highest BCUT2D eigenvalue weighted by Gasteiger charge is 2.23. The minimum Gasteiger partial charge on any atom is -0.392 e. The van der Waals surface area contributed by atoms with Crippen LogP contribution in [0.2, 0.25) is 0 Å². The summed E-state index contributed by atoms with van der Waals surface area (Å²) in [4.78, 5) is 0. The Balaban J connectivity index is 1.63. The maximum atomic E-state index is 9.99. The van der Waals surface area contributed by atoms with Gasteiger partial charge in [0.2, 0.25) is 0 Å². The second-order valence-electron chi connectivity index (χ2n) is 4.91. The van der Waals surface area contributed by atoms with E-state index in [2.05, 4.69) is 5.32 Å². The molecule has 1 atom stereocenters. The highest BCUT2D eigenvalue weighted by atomic mass is 16.5. The van der Waals surface area contributed by atoms with E-state index in [1.165, 1.54) is 25.7 Å². The zero-order valence-electron chi connectivity index (χ0n) is 9.45. The van der Waals surface area contributed by atoms with Gasteiger partial charge < -0.3 is 15.2 Å². The minimum absolute atomic E-state index is 0.129. The lowest BCUT2D eigenvalue weighted by molar-refractivity contribution is 0.0646. The first-order valence-corrected chi connectivity index (χ1v) is 6.35. The van der Waals surface area contributed by atoms with Crippen LogP contribution in [0.15, 0.2) is 0 Å². The van der Waals surface area contributed by atoms with E-state index in [0.29, 0.717) is 12.0 Å².